The van der Waals surface area contributed by atoms with Gasteiger partial charge in [-0.3, -0.25) is 19.4 Å². The van der Waals surface area contributed by atoms with Crippen molar-refractivity contribution in [3.8, 4) is 0 Å². The van der Waals surface area contributed by atoms with E-state index in [1.165, 1.54) is 4.57 Å². The maximum Gasteiger partial charge on any atom is 0.330 e. The first-order valence-corrected chi connectivity index (χ1v) is 9.62. The molecule has 4 aromatic rings. The molecule has 12 heteroatoms. The molecule has 1 unspecified atom stereocenters. The molecule has 0 saturated carbocycles. The maximum absolute atomic E-state index is 12.6. The summed E-state index contributed by atoms with van der Waals surface area (Å²) in [7, 11) is 0. The van der Waals surface area contributed by atoms with E-state index in [-0.39, 0.29) is 23.7 Å². The van der Waals surface area contributed by atoms with Crippen molar-refractivity contribution < 1.29 is 0 Å². The molecule has 0 spiro atoms. The number of aromatic nitrogens is 7. The Hall–Kier alpha value is -3.05. The van der Waals surface area contributed by atoms with Crippen LogP contribution in [0.1, 0.15) is 29.4 Å². The molecular weight excluding hydrogens is 416 g/mol. The second-order valence-corrected chi connectivity index (χ2v) is 7.29. The number of hydrogen-bond acceptors (Lipinski definition) is 7. The van der Waals surface area contributed by atoms with Crippen molar-refractivity contribution in [1.29, 1.82) is 0 Å². The lowest BCUT2D eigenvalue weighted by Gasteiger charge is -2.09. The Morgan fingerprint density at radius 3 is 2.55 bits per heavy atom. The van der Waals surface area contributed by atoms with Crippen LogP contribution in [0.25, 0.3) is 11.2 Å². The van der Waals surface area contributed by atoms with E-state index >= 15 is 0 Å². The number of aryl methyl sites for hydroxylation is 1. The maximum atomic E-state index is 12.6. The Labute approximate surface area is 174 Å². The average molecular weight is 433 g/mol. The zero-order valence-electron chi connectivity index (χ0n) is 15.3. The van der Waals surface area contributed by atoms with Crippen molar-refractivity contribution in [3.63, 3.8) is 0 Å². The van der Waals surface area contributed by atoms with Gasteiger partial charge in [0.1, 0.15) is 16.9 Å². The van der Waals surface area contributed by atoms with E-state index in [0.29, 0.717) is 23.2 Å². The summed E-state index contributed by atoms with van der Waals surface area (Å²) in [4.78, 5) is 36.2. The van der Waals surface area contributed by atoms with Crippen molar-refractivity contribution in [2.24, 2.45) is 0 Å². The highest BCUT2D eigenvalue weighted by molar-refractivity contribution is 7.80. The third-order valence-electron chi connectivity index (χ3n) is 4.51. The number of nitrogens with one attached hydrogen (secondary N) is 2. The summed E-state index contributed by atoms with van der Waals surface area (Å²) in [5.41, 5.74) is 5.89. The molecule has 1 aromatic carbocycles. The summed E-state index contributed by atoms with van der Waals surface area (Å²) in [6.45, 7) is 2.53. The fraction of sp³-hybridized carbons (Fsp3) is 0.235. The smallest absolute Gasteiger partial charge is 0.330 e. The molecule has 10 nitrogen and oxygen atoms in total. The first-order valence-electron chi connectivity index (χ1n) is 8.72. The number of thiol groups is 1. The third-order valence-corrected chi connectivity index (χ3v) is 5.24. The molecule has 4 rings (SSSR count). The van der Waals surface area contributed by atoms with Crippen molar-refractivity contribution >= 4 is 41.3 Å². The molecule has 4 N–H and O–H groups in total. The minimum absolute atomic E-state index is 0.0794. The van der Waals surface area contributed by atoms with Crippen molar-refractivity contribution in [2.75, 3.05) is 5.73 Å². The highest BCUT2D eigenvalue weighted by atomic mass is 35.5. The number of halogens is 1. The summed E-state index contributed by atoms with van der Waals surface area (Å²) >= 11 is 10.5. The topological polar surface area (TPSA) is 140 Å². The molecule has 3 heterocycles. The molecule has 0 bridgehead atoms. The van der Waals surface area contributed by atoms with E-state index < -0.39 is 16.5 Å². The van der Waals surface area contributed by atoms with E-state index in [1.54, 1.807) is 16.7 Å². The molecule has 0 aliphatic carbocycles. The van der Waals surface area contributed by atoms with Gasteiger partial charge in [-0.15, -0.1) is 5.10 Å². The Morgan fingerprint density at radius 1 is 1.21 bits per heavy atom. The monoisotopic (exact) mass is 432 g/mol. The number of fused-ring (bicyclic) bond motifs is 1. The Kier molecular flexibility index (Phi) is 4.92. The predicted molar refractivity (Wildman–Crippen MR) is 112 cm³/mol. The Balaban J connectivity index is 1.91. The van der Waals surface area contributed by atoms with Crippen LogP contribution in [0.15, 0.2) is 33.9 Å². The number of aromatic amines is 2. The first kappa shape index (κ1) is 19.3. The number of nitrogen functional groups attached to an aromatic ring is 1. The number of nitrogens with zero attached hydrogens (tertiary/aromatic N) is 5. The van der Waals surface area contributed by atoms with E-state index in [4.69, 9.17) is 17.3 Å². The lowest BCUT2D eigenvalue weighted by atomic mass is 10.2. The standard InChI is InChI=1S/C17H17ClN8O2S/c1-2-25-10-13(21-14(25)11(29)12-20-16(19)24-23-12)26(17(28)22-15(10)27)7-8-3-5-9(18)6-4-8/h3-6,11,29H,2,7H2,1H3,(H,22,27,28)(H3,19,20,23,24). The molecule has 0 radical (unpaired) electrons. The number of hydrogen-bond donors (Lipinski definition) is 4. The first-order chi connectivity index (χ1) is 13.9. The van der Waals surface area contributed by atoms with Crippen LogP contribution in [0.4, 0.5) is 5.95 Å². The lowest BCUT2D eigenvalue weighted by Crippen LogP contribution is -2.31. The molecule has 0 aliphatic rings. The van der Waals surface area contributed by atoms with Gasteiger partial charge in [0.2, 0.25) is 5.95 Å². The van der Waals surface area contributed by atoms with E-state index in [9.17, 15) is 9.59 Å². The van der Waals surface area contributed by atoms with Gasteiger partial charge in [-0.2, -0.15) is 17.6 Å². The predicted octanol–water partition coefficient (Wildman–Crippen LogP) is 1.33. The number of anilines is 1. The summed E-state index contributed by atoms with van der Waals surface area (Å²) in [5.74, 6) is 0.914. The number of nitrogens with two attached hydrogens (primary N) is 1. The minimum Gasteiger partial charge on any atom is -0.367 e. The third kappa shape index (κ3) is 3.42. The molecule has 1 atom stereocenters. The molecule has 0 fully saturated rings. The van der Waals surface area contributed by atoms with Crippen molar-refractivity contribution in [1.82, 2.24) is 34.3 Å². The van der Waals surface area contributed by atoms with Gasteiger partial charge in [0.05, 0.1) is 6.54 Å². The largest absolute Gasteiger partial charge is 0.367 e. The summed E-state index contributed by atoms with van der Waals surface area (Å²) in [6, 6.07) is 7.09. The fourth-order valence-electron chi connectivity index (χ4n) is 3.17. The molecule has 0 aliphatic heterocycles. The molecule has 0 amide bonds. The molecular formula is C17H17ClN8O2S. The van der Waals surface area contributed by atoms with Crippen LogP contribution in [0.3, 0.4) is 0 Å². The van der Waals surface area contributed by atoms with Gasteiger partial charge in [-0.1, -0.05) is 23.7 Å². The van der Waals surface area contributed by atoms with Crippen molar-refractivity contribution in [2.45, 2.75) is 25.3 Å². The van der Waals surface area contributed by atoms with Crippen LogP contribution in [0.2, 0.25) is 5.02 Å². The van der Waals surface area contributed by atoms with Crippen LogP contribution >= 0.6 is 24.2 Å². The van der Waals surface area contributed by atoms with Gasteiger partial charge in [-0.05, 0) is 24.6 Å². The second-order valence-electron chi connectivity index (χ2n) is 6.34. The number of H-pyrrole nitrogens is 2. The zero-order valence-corrected chi connectivity index (χ0v) is 16.9. The van der Waals surface area contributed by atoms with Gasteiger partial charge >= 0.3 is 5.69 Å². The molecule has 0 saturated heterocycles. The van der Waals surface area contributed by atoms with Crippen LogP contribution in [0.5, 0.6) is 0 Å². The normalized spacial score (nSPS) is 12.5. The van der Waals surface area contributed by atoms with E-state index in [0.717, 1.165) is 5.56 Å². The van der Waals surface area contributed by atoms with Crippen molar-refractivity contribution in [3.05, 3.63) is 67.3 Å². The Morgan fingerprint density at radius 2 is 1.93 bits per heavy atom. The summed E-state index contributed by atoms with van der Waals surface area (Å²) < 4.78 is 3.10. The van der Waals surface area contributed by atoms with Crippen LogP contribution in [-0.4, -0.2) is 34.3 Å². The van der Waals surface area contributed by atoms with Crippen LogP contribution in [0, 0.1) is 0 Å². The SMILES string of the molecule is CCn1c(C(S)c2nc(N)n[nH]2)nc2c1c(=O)[nH]c(=O)n2Cc1ccc(Cl)cc1. The van der Waals surface area contributed by atoms with E-state index in [2.05, 4.69) is 37.8 Å². The lowest BCUT2D eigenvalue weighted by molar-refractivity contribution is 0.715. The van der Waals surface area contributed by atoms with Crippen LogP contribution < -0.4 is 17.0 Å². The molecule has 150 valence electrons. The van der Waals surface area contributed by atoms with Gasteiger partial charge in [-0.25, -0.2) is 9.78 Å². The van der Waals surface area contributed by atoms with Gasteiger partial charge in [0.25, 0.3) is 5.56 Å². The second kappa shape index (κ2) is 7.41. The fourth-order valence-corrected chi connectivity index (χ4v) is 3.61. The quantitative estimate of drug-likeness (QED) is 0.351. The summed E-state index contributed by atoms with van der Waals surface area (Å²) in [6.07, 6.45) is 0. The van der Waals surface area contributed by atoms with E-state index in [1.807, 2.05) is 19.1 Å². The zero-order chi connectivity index (χ0) is 20.7. The Bertz CT molecular complexity index is 1300. The van der Waals surface area contributed by atoms with Crippen LogP contribution in [-0.2, 0) is 13.1 Å². The molecule has 29 heavy (non-hydrogen) atoms. The molecule has 3 aromatic heterocycles. The van der Waals surface area contributed by atoms with Gasteiger partial charge < -0.3 is 10.3 Å². The van der Waals surface area contributed by atoms with Gasteiger partial charge in [0, 0.05) is 11.6 Å². The number of rotatable bonds is 5. The highest BCUT2D eigenvalue weighted by Gasteiger charge is 2.24. The average Bonchev–Trinajstić information content (AvgIpc) is 3.30. The summed E-state index contributed by atoms with van der Waals surface area (Å²) in [5, 5.41) is 6.48. The van der Waals surface area contributed by atoms with Gasteiger partial charge in [0.15, 0.2) is 11.2 Å². The number of benzene rings is 1. The highest BCUT2D eigenvalue weighted by Crippen LogP contribution is 2.27. The minimum atomic E-state index is -0.620. The number of imidazole rings is 1.